The molecule has 0 saturated carbocycles. The standard InChI is InChI=1S/C9H15N5O3/c10-9-11-6-14(12-9)4-8(16)13-1-2-17-7(3-13)5-15/h6-7,15H,1-5H2,(H2,10,12). The maximum atomic E-state index is 11.9. The summed E-state index contributed by atoms with van der Waals surface area (Å²) in [5.74, 6) is 0.0599. The predicted molar refractivity (Wildman–Crippen MR) is 57.8 cm³/mol. The smallest absolute Gasteiger partial charge is 0.244 e. The Balaban J connectivity index is 1.91. The Hall–Kier alpha value is -1.67. The number of carbonyl (C=O) groups excluding carboxylic acids is 1. The van der Waals surface area contributed by atoms with Crippen molar-refractivity contribution in [3.63, 3.8) is 0 Å². The number of hydrogen-bond donors (Lipinski definition) is 2. The third-order valence-corrected chi connectivity index (χ3v) is 2.55. The Morgan fingerprint density at radius 1 is 1.71 bits per heavy atom. The number of morpholine rings is 1. The minimum absolute atomic E-state index is 0.0833. The molecular weight excluding hydrogens is 226 g/mol. The molecular formula is C9H15N5O3. The molecule has 1 aliphatic heterocycles. The van der Waals surface area contributed by atoms with Crippen molar-refractivity contribution in [1.82, 2.24) is 19.7 Å². The lowest BCUT2D eigenvalue weighted by Crippen LogP contribution is -2.47. The molecule has 0 radical (unpaired) electrons. The number of aliphatic hydroxyl groups excluding tert-OH is 1. The maximum absolute atomic E-state index is 11.9. The lowest BCUT2D eigenvalue weighted by molar-refractivity contribution is -0.141. The van der Waals surface area contributed by atoms with E-state index in [2.05, 4.69) is 10.1 Å². The van der Waals surface area contributed by atoms with E-state index in [-0.39, 0.29) is 31.1 Å². The minimum Gasteiger partial charge on any atom is -0.394 e. The summed E-state index contributed by atoms with van der Waals surface area (Å²) in [6.07, 6.45) is 1.12. The lowest BCUT2D eigenvalue weighted by atomic mass is 10.3. The van der Waals surface area contributed by atoms with Crippen LogP contribution in [0.2, 0.25) is 0 Å². The van der Waals surface area contributed by atoms with Gasteiger partial charge in [-0.15, -0.1) is 5.10 Å². The van der Waals surface area contributed by atoms with Crippen molar-refractivity contribution < 1.29 is 14.6 Å². The van der Waals surface area contributed by atoms with Crippen LogP contribution in [0.5, 0.6) is 0 Å². The van der Waals surface area contributed by atoms with Gasteiger partial charge in [-0.3, -0.25) is 4.79 Å². The van der Waals surface area contributed by atoms with Gasteiger partial charge in [0.05, 0.1) is 19.3 Å². The van der Waals surface area contributed by atoms with Crippen molar-refractivity contribution in [3.8, 4) is 0 Å². The number of aromatic nitrogens is 3. The summed E-state index contributed by atoms with van der Waals surface area (Å²) in [6, 6.07) is 0. The molecule has 1 atom stereocenters. The molecule has 2 heterocycles. The van der Waals surface area contributed by atoms with Crippen LogP contribution in [0.4, 0.5) is 5.95 Å². The van der Waals surface area contributed by atoms with Crippen LogP contribution >= 0.6 is 0 Å². The first-order valence-electron chi connectivity index (χ1n) is 5.34. The Morgan fingerprint density at radius 2 is 2.53 bits per heavy atom. The Kier molecular flexibility index (Phi) is 3.55. The van der Waals surface area contributed by atoms with E-state index in [9.17, 15) is 4.79 Å². The summed E-state index contributed by atoms with van der Waals surface area (Å²) < 4.78 is 6.65. The van der Waals surface area contributed by atoms with Gasteiger partial charge >= 0.3 is 0 Å². The van der Waals surface area contributed by atoms with Gasteiger partial charge in [-0.05, 0) is 0 Å². The molecule has 1 unspecified atom stereocenters. The first-order valence-corrected chi connectivity index (χ1v) is 5.34. The number of amides is 1. The molecule has 94 valence electrons. The van der Waals surface area contributed by atoms with Gasteiger partial charge < -0.3 is 20.5 Å². The second kappa shape index (κ2) is 5.11. The normalized spacial score (nSPS) is 20.5. The topological polar surface area (TPSA) is 106 Å². The van der Waals surface area contributed by atoms with Gasteiger partial charge in [0.25, 0.3) is 0 Å². The van der Waals surface area contributed by atoms with E-state index in [4.69, 9.17) is 15.6 Å². The molecule has 3 N–H and O–H groups in total. The third-order valence-electron chi connectivity index (χ3n) is 2.55. The van der Waals surface area contributed by atoms with Crippen molar-refractivity contribution in [2.24, 2.45) is 0 Å². The number of aliphatic hydroxyl groups is 1. The fourth-order valence-electron chi connectivity index (χ4n) is 1.68. The molecule has 1 aromatic rings. The highest BCUT2D eigenvalue weighted by molar-refractivity contribution is 5.76. The van der Waals surface area contributed by atoms with Gasteiger partial charge in [-0.2, -0.15) is 0 Å². The van der Waals surface area contributed by atoms with E-state index in [1.165, 1.54) is 11.0 Å². The van der Waals surface area contributed by atoms with Crippen molar-refractivity contribution in [2.75, 3.05) is 32.0 Å². The quantitative estimate of drug-likeness (QED) is 0.639. The van der Waals surface area contributed by atoms with E-state index in [1.54, 1.807) is 4.90 Å². The van der Waals surface area contributed by atoms with Crippen LogP contribution < -0.4 is 5.73 Å². The monoisotopic (exact) mass is 241 g/mol. The first-order chi connectivity index (χ1) is 8.19. The molecule has 0 aromatic carbocycles. The highest BCUT2D eigenvalue weighted by Crippen LogP contribution is 2.05. The fourth-order valence-corrected chi connectivity index (χ4v) is 1.68. The van der Waals surface area contributed by atoms with Crippen LogP contribution in [0.15, 0.2) is 6.33 Å². The van der Waals surface area contributed by atoms with Crippen molar-refractivity contribution in [1.29, 1.82) is 0 Å². The molecule has 17 heavy (non-hydrogen) atoms. The molecule has 1 aromatic heterocycles. The molecule has 1 aliphatic rings. The third kappa shape index (κ3) is 2.92. The highest BCUT2D eigenvalue weighted by atomic mass is 16.5. The second-order valence-corrected chi connectivity index (χ2v) is 3.82. The largest absolute Gasteiger partial charge is 0.394 e. The van der Waals surface area contributed by atoms with Crippen LogP contribution in [-0.2, 0) is 16.1 Å². The van der Waals surface area contributed by atoms with Crippen molar-refractivity contribution >= 4 is 11.9 Å². The van der Waals surface area contributed by atoms with E-state index in [0.717, 1.165) is 0 Å². The Bertz CT molecular complexity index is 394. The number of nitrogen functional groups attached to an aromatic ring is 1. The molecule has 8 heteroatoms. The van der Waals surface area contributed by atoms with E-state index in [1.807, 2.05) is 0 Å². The Labute approximate surface area is 98.0 Å². The molecule has 1 saturated heterocycles. The SMILES string of the molecule is Nc1ncn(CC(=O)N2CCOC(CO)C2)n1. The van der Waals surface area contributed by atoms with Gasteiger partial charge in [-0.25, -0.2) is 9.67 Å². The number of hydrogen-bond acceptors (Lipinski definition) is 6. The highest BCUT2D eigenvalue weighted by Gasteiger charge is 2.23. The predicted octanol–water partition coefficient (Wildman–Crippen LogP) is -1.92. The maximum Gasteiger partial charge on any atom is 0.244 e. The second-order valence-electron chi connectivity index (χ2n) is 3.82. The zero-order valence-corrected chi connectivity index (χ0v) is 9.32. The van der Waals surface area contributed by atoms with Crippen LogP contribution in [0.1, 0.15) is 0 Å². The Morgan fingerprint density at radius 3 is 3.18 bits per heavy atom. The van der Waals surface area contributed by atoms with Gasteiger partial charge in [-0.1, -0.05) is 0 Å². The van der Waals surface area contributed by atoms with Crippen molar-refractivity contribution in [2.45, 2.75) is 12.6 Å². The zero-order valence-electron chi connectivity index (χ0n) is 9.32. The van der Waals surface area contributed by atoms with E-state index in [0.29, 0.717) is 19.7 Å². The summed E-state index contributed by atoms with van der Waals surface area (Å²) in [6.45, 7) is 1.39. The summed E-state index contributed by atoms with van der Waals surface area (Å²) in [7, 11) is 0. The first kappa shape index (κ1) is 11.8. The molecule has 1 amide bonds. The summed E-state index contributed by atoms with van der Waals surface area (Å²) in [5, 5.41) is 12.8. The summed E-state index contributed by atoms with van der Waals surface area (Å²) in [5.41, 5.74) is 5.36. The number of nitrogens with two attached hydrogens (primary N) is 1. The van der Waals surface area contributed by atoms with Gasteiger partial charge in [0.2, 0.25) is 11.9 Å². The number of rotatable bonds is 3. The number of carbonyl (C=O) groups is 1. The van der Waals surface area contributed by atoms with Crippen LogP contribution in [0.25, 0.3) is 0 Å². The van der Waals surface area contributed by atoms with Crippen molar-refractivity contribution in [3.05, 3.63) is 6.33 Å². The number of ether oxygens (including phenoxy) is 1. The minimum atomic E-state index is -0.298. The fraction of sp³-hybridized carbons (Fsp3) is 0.667. The molecule has 0 bridgehead atoms. The average Bonchev–Trinajstić information content (AvgIpc) is 2.75. The van der Waals surface area contributed by atoms with Crippen LogP contribution in [0.3, 0.4) is 0 Å². The molecule has 0 spiro atoms. The lowest BCUT2D eigenvalue weighted by Gasteiger charge is -2.31. The van der Waals surface area contributed by atoms with E-state index >= 15 is 0 Å². The van der Waals surface area contributed by atoms with Gasteiger partial charge in [0.15, 0.2) is 0 Å². The average molecular weight is 241 g/mol. The molecule has 1 fully saturated rings. The van der Waals surface area contributed by atoms with Gasteiger partial charge in [0.1, 0.15) is 12.9 Å². The van der Waals surface area contributed by atoms with Crippen LogP contribution in [-0.4, -0.2) is 63.1 Å². The van der Waals surface area contributed by atoms with Gasteiger partial charge in [0, 0.05) is 13.1 Å². The van der Waals surface area contributed by atoms with E-state index < -0.39 is 0 Å². The number of nitrogens with zero attached hydrogens (tertiary/aromatic N) is 4. The molecule has 0 aliphatic carbocycles. The zero-order chi connectivity index (χ0) is 12.3. The summed E-state index contributed by atoms with van der Waals surface area (Å²) >= 11 is 0. The number of anilines is 1. The molecule has 2 rings (SSSR count). The summed E-state index contributed by atoms with van der Waals surface area (Å²) in [4.78, 5) is 17.3. The van der Waals surface area contributed by atoms with Crippen LogP contribution in [0, 0.1) is 0 Å². The molecule has 8 nitrogen and oxygen atoms in total.